The van der Waals surface area contributed by atoms with Crippen molar-refractivity contribution in [1.82, 2.24) is 10.2 Å². The molecular formula is C16H19Br2N3O3. The summed E-state index contributed by atoms with van der Waals surface area (Å²) in [6, 6.07) is 2.66. The molecule has 0 bridgehead atoms. The van der Waals surface area contributed by atoms with Crippen molar-refractivity contribution < 1.29 is 14.4 Å². The first-order valence-corrected chi connectivity index (χ1v) is 9.15. The summed E-state index contributed by atoms with van der Waals surface area (Å²) >= 11 is 6.79. The summed E-state index contributed by atoms with van der Waals surface area (Å²) < 4.78 is 1.44. The smallest absolute Gasteiger partial charge is 0.325 e. The third-order valence-electron chi connectivity index (χ3n) is 3.57. The Labute approximate surface area is 157 Å². The van der Waals surface area contributed by atoms with Gasteiger partial charge in [0, 0.05) is 8.95 Å². The highest BCUT2D eigenvalue weighted by Crippen LogP contribution is 2.32. The van der Waals surface area contributed by atoms with Crippen molar-refractivity contribution in [2.24, 2.45) is 5.92 Å². The van der Waals surface area contributed by atoms with Crippen LogP contribution in [-0.4, -0.2) is 35.3 Å². The van der Waals surface area contributed by atoms with Crippen LogP contribution in [0.4, 0.5) is 10.5 Å². The molecule has 1 atom stereocenters. The molecule has 1 saturated heterocycles. The zero-order valence-electron chi connectivity index (χ0n) is 13.7. The number of rotatable bonds is 5. The molecule has 4 amide bonds. The molecule has 0 aliphatic carbocycles. The van der Waals surface area contributed by atoms with Gasteiger partial charge in [-0.05, 0) is 68.8 Å². The number of nitrogens with zero attached hydrogens (tertiary/aromatic N) is 1. The second kappa shape index (κ2) is 7.65. The SMILES string of the molecule is Cc1cc(Br)c(NC(=O)CN2C(=O)N[C@@H](CC(C)C)C2=O)c(Br)c1. The van der Waals surface area contributed by atoms with Gasteiger partial charge >= 0.3 is 6.03 Å². The molecule has 6 nitrogen and oxygen atoms in total. The Balaban J connectivity index is 2.05. The monoisotopic (exact) mass is 459 g/mol. The molecule has 0 unspecified atom stereocenters. The van der Waals surface area contributed by atoms with Gasteiger partial charge in [-0.1, -0.05) is 13.8 Å². The fraction of sp³-hybridized carbons (Fsp3) is 0.438. The van der Waals surface area contributed by atoms with E-state index in [1.165, 1.54) is 0 Å². The van der Waals surface area contributed by atoms with E-state index >= 15 is 0 Å². The maximum atomic E-state index is 12.3. The van der Waals surface area contributed by atoms with E-state index in [0.29, 0.717) is 12.1 Å². The van der Waals surface area contributed by atoms with Crippen LogP contribution in [0.5, 0.6) is 0 Å². The Morgan fingerprint density at radius 3 is 2.42 bits per heavy atom. The van der Waals surface area contributed by atoms with Crippen LogP contribution in [0.1, 0.15) is 25.8 Å². The molecule has 2 N–H and O–H groups in total. The molecular weight excluding hydrogens is 442 g/mol. The van der Waals surface area contributed by atoms with Gasteiger partial charge in [0.2, 0.25) is 5.91 Å². The lowest BCUT2D eigenvalue weighted by molar-refractivity contribution is -0.131. The molecule has 1 fully saturated rings. The molecule has 1 aromatic rings. The van der Waals surface area contributed by atoms with E-state index in [9.17, 15) is 14.4 Å². The van der Waals surface area contributed by atoms with Crippen molar-refractivity contribution in [3.63, 3.8) is 0 Å². The van der Waals surface area contributed by atoms with Crippen LogP contribution in [-0.2, 0) is 9.59 Å². The van der Waals surface area contributed by atoms with Crippen LogP contribution in [0.3, 0.4) is 0 Å². The average Bonchev–Trinajstić information content (AvgIpc) is 2.70. The largest absolute Gasteiger partial charge is 0.326 e. The molecule has 1 aliphatic heterocycles. The van der Waals surface area contributed by atoms with Gasteiger partial charge in [-0.3, -0.25) is 14.5 Å². The molecule has 0 aromatic heterocycles. The quantitative estimate of drug-likeness (QED) is 0.660. The lowest BCUT2D eigenvalue weighted by Crippen LogP contribution is -2.38. The van der Waals surface area contributed by atoms with E-state index < -0.39 is 18.0 Å². The van der Waals surface area contributed by atoms with Crippen molar-refractivity contribution in [3.05, 3.63) is 26.6 Å². The number of amides is 4. The number of carbonyl (C=O) groups excluding carboxylic acids is 3. The summed E-state index contributed by atoms with van der Waals surface area (Å²) in [6.07, 6.45) is 0.553. The Morgan fingerprint density at radius 1 is 1.29 bits per heavy atom. The van der Waals surface area contributed by atoms with Crippen LogP contribution < -0.4 is 10.6 Å². The minimum atomic E-state index is -0.553. The average molecular weight is 461 g/mol. The van der Waals surface area contributed by atoms with Crippen LogP contribution in [0.2, 0.25) is 0 Å². The van der Waals surface area contributed by atoms with Gasteiger partial charge in [0.1, 0.15) is 12.6 Å². The Morgan fingerprint density at radius 2 is 1.88 bits per heavy atom. The summed E-state index contributed by atoms with van der Waals surface area (Å²) in [4.78, 5) is 37.4. The number of anilines is 1. The number of carbonyl (C=O) groups is 3. The molecule has 1 aromatic carbocycles. The minimum Gasteiger partial charge on any atom is -0.326 e. The van der Waals surface area contributed by atoms with Gasteiger partial charge in [0.05, 0.1) is 5.69 Å². The van der Waals surface area contributed by atoms with Crippen molar-refractivity contribution in [3.8, 4) is 0 Å². The van der Waals surface area contributed by atoms with Crippen LogP contribution in [0.15, 0.2) is 21.1 Å². The maximum Gasteiger partial charge on any atom is 0.325 e. The number of benzene rings is 1. The Bertz CT molecular complexity index is 668. The number of halogens is 2. The number of hydrogen-bond donors (Lipinski definition) is 2. The fourth-order valence-corrected chi connectivity index (χ4v) is 4.11. The van der Waals surface area contributed by atoms with E-state index in [-0.39, 0.29) is 18.4 Å². The van der Waals surface area contributed by atoms with E-state index in [2.05, 4.69) is 42.5 Å². The summed E-state index contributed by atoms with van der Waals surface area (Å²) in [5.74, 6) is -0.521. The molecule has 0 spiro atoms. The van der Waals surface area contributed by atoms with Crippen LogP contribution in [0, 0.1) is 12.8 Å². The number of urea groups is 1. The predicted octanol–water partition coefficient (Wildman–Crippen LogP) is 3.43. The summed E-state index contributed by atoms with van der Waals surface area (Å²) in [5.41, 5.74) is 1.59. The molecule has 1 aliphatic rings. The molecule has 8 heteroatoms. The van der Waals surface area contributed by atoms with E-state index in [4.69, 9.17) is 0 Å². The first-order valence-electron chi connectivity index (χ1n) is 7.56. The third-order valence-corrected chi connectivity index (χ3v) is 4.82. The standard InChI is InChI=1S/C16H19Br2N3O3/c1-8(2)4-12-15(23)21(16(24)19-12)7-13(22)20-14-10(17)5-9(3)6-11(14)18/h5-6,8,12H,4,7H2,1-3H3,(H,19,24)(H,20,22)/t12-/m0/s1. The number of nitrogens with one attached hydrogen (secondary N) is 2. The topological polar surface area (TPSA) is 78.5 Å². The summed E-state index contributed by atoms with van der Waals surface area (Å²) in [7, 11) is 0. The number of aryl methyl sites for hydroxylation is 1. The van der Waals surface area contributed by atoms with Crippen LogP contribution >= 0.6 is 31.9 Å². The van der Waals surface area contributed by atoms with E-state index in [1.807, 2.05) is 32.9 Å². The first-order chi connectivity index (χ1) is 11.2. The fourth-order valence-electron chi connectivity index (χ4n) is 2.50. The Hall–Kier alpha value is -1.41. The predicted molar refractivity (Wildman–Crippen MR) is 98.7 cm³/mol. The zero-order valence-corrected chi connectivity index (χ0v) is 16.8. The van der Waals surface area contributed by atoms with Crippen LogP contribution in [0.25, 0.3) is 0 Å². The number of imide groups is 1. The van der Waals surface area contributed by atoms with Crippen molar-refractivity contribution in [2.45, 2.75) is 33.2 Å². The summed E-state index contributed by atoms with van der Waals surface area (Å²) in [6.45, 7) is 5.57. The normalized spacial score (nSPS) is 17.4. The van der Waals surface area contributed by atoms with Gasteiger partial charge in [-0.25, -0.2) is 4.79 Å². The molecule has 0 radical (unpaired) electrons. The highest BCUT2D eigenvalue weighted by molar-refractivity contribution is 9.11. The van der Waals surface area contributed by atoms with Gasteiger partial charge in [0.25, 0.3) is 5.91 Å². The first kappa shape index (κ1) is 18.9. The highest BCUT2D eigenvalue weighted by Gasteiger charge is 2.39. The minimum absolute atomic E-state index is 0.271. The number of hydrogen-bond acceptors (Lipinski definition) is 3. The van der Waals surface area contributed by atoms with Gasteiger partial charge in [-0.2, -0.15) is 0 Å². The third kappa shape index (κ3) is 4.36. The lowest BCUT2D eigenvalue weighted by atomic mass is 10.0. The Kier molecular flexibility index (Phi) is 6.03. The zero-order chi connectivity index (χ0) is 18.0. The second-order valence-electron chi connectivity index (χ2n) is 6.21. The lowest BCUT2D eigenvalue weighted by Gasteiger charge is -2.15. The second-order valence-corrected chi connectivity index (χ2v) is 7.92. The maximum absolute atomic E-state index is 12.3. The van der Waals surface area contributed by atoms with Crippen molar-refractivity contribution in [2.75, 3.05) is 11.9 Å². The summed E-state index contributed by atoms with van der Waals surface area (Å²) in [5, 5.41) is 5.35. The van der Waals surface area contributed by atoms with E-state index in [0.717, 1.165) is 19.4 Å². The molecule has 24 heavy (non-hydrogen) atoms. The van der Waals surface area contributed by atoms with Gasteiger partial charge in [-0.15, -0.1) is 0 Å². The molecule has 0 saturated carbocycles. The van der Waals surface area contributed by atoms with Gasteiger partial charge < -0.3 is 10.6 Å². The molecule has 1 heterocycles. The molecule has 2 rings (SSSR count). The van der Waals surface area contributed by atoms with Crippen molar-refractivity contribution in [1.29, 1.82) is 0 Å². The van der Waals surface area contributed by atoms with Gasteiger partial charge in [0.15, 0.2) is 0 Å². The highest BCUT2D eigenvalue weighted by atomic mass is 79.9. The van der Waals surface area contributed by atoms with Crippen molar-refractivity contribution >= 4 is 55.4 Å². The van der Waals surface area contributed by atoms with E-state index in [1.54, 1.807) is 0 Å². The molecule has 130 valence electrons.